The molecule has 0 spiro atoms. The Morgan fingerprint density at radius 3 is 2.61 bits per heavy atom. The van der Waals surface area contributed by atoms with E-state index in [1.165, 1.54) is 16.8 Å². The molecule has 0 bridgehead atoms. The van der Waals surface area contributed by atoms with Crippen LogP contribution in [-0.4, -0.2) is 23.9 Å². The van der Waals surface area contributed by atoms with Crippen LogP contribution in [0.5, 0.6) is 5.75 Å². The molecule has 0 aromatic heterocycles. The van der Waals surface area contributed by atoms with Crippen molar-refractivity contribution in [1.82, 2.24) is 0 Å². The second kappa shape index (κ2) is 5.58. The molecular formula is C20H22N2O. The van der Waals surface area contributed by atoms with Crippen LogP contribution in [-0.2, 0) is 0 Å². The van der Waals surface area contributed by atoms with Crippen molar-refractivity contribution in [3.8, 4) is 5.75 Å². The zero-order chi connectivity index (χ0) is 16.6. The summed E-state index contributed by atoms with van der Waals surface area (Å²) in [5.41, 5.74) is 5.36. The summed E-state index contributed by atoms with van der Waals surface area (Å²) < 4.78 is 0. The molecule has 1 aliphatic heterocycles. The van der Waals surface area contributed by atoms with Crippen LogP contribution in [0.15, 0.2) is 53.5 Å². The van der Waals surface area contributed by atoms with Crippen LogP contribution in [0.25, 0.3) is 5.57 Å². The van der Waals surface area contributed by atoms with Gasteiger partial charge in [-0.15, -0.1) is 0 Å². The van der Waals surface area contributed by atoms with E-state index < -0.39 is 0 Å². The Bertz CT molecular complexity index is 803. The molecule has 1 heterocycles. The number of phenolic OH excluding ortho intramolecular Hbond substituents is 1. The number of fused-ring (bicyclic) bond motifs is 1. The van der Waals surface area contributed by atoms with E-state index in [1.54, 1.807) is 24.4 Å². The average molecular weight is 306 g/mol. The van der Waals surface area contributed by atoms with Crippen molar-refractivity contribution in [3.63, 3.8) is 0 Å². The summed E-state index contributed by atoms with van der Waals surface area (Å²) in [5, 5.41) is 9.79. The molecule has 2 aromatic carbocycles. The molecule has 0 saturated carbocycles. The van der Waals surface area contributed by atoms with Crippen molar-refractivity contribution >= 4 is 23.2 Å². The van der Waals surface area contributed by atoms with Crippen LogP contribution in [0.3, 0.4) is 0 Å². The predicted molar refractivity (Wildman–Crippen MR) is 97.9 cm³/mol. The van der Waals surface area contributed by atoms with E-state index in [1.807, 2.05) is 6.07 Å². The predicted octanol–water partition coefficient (Wildman–Crippen LogP) is 4.77. The maximum absolute atomic E-state index is 9.79. The Morgan fingerprint density at radius 2 is 1.87 bits per heavy atom. The van der Waals surface area contributed by atoms with E-state index in [9.17, 15) is 5.11 Å². The topological polar surface area (TPSA) is 35.8 Å². The molecule has 118 valence electrons. The molecule has 0 unspecified atom stereocenters. The van der Waals surface area contributed by atoms with E-state index in [0.29, 0.717) is 5.69 Å². The van der Waals surface area contributed by atoms with Crippen molar-refractivity contribution in [3.05, 3.63) is 59.7 Å². The van der Waals surface area contributed by atoms with Crippen LogP contribution in [0.4, 0.5) is 11.4 Å². The van der Waals surface area contributed by atoms with Crippen molar-refractivity contribution in [1.29, 1.82) is 0 Å². The minimum absolute atomic E-state index is 0.0164. The number of hydrogen-bond donors (Lipinski definition) is 1. The van der Waals surface area contributed by atoms with Crippen LogP contribution in [0.1, 0.15) is 31.9 Å². The van der Waals surface area contributed by atoms with Gasteiger partial charge in [-0.05, 0) is 56.2 Å². The smallest absolute Gasteiger partial charge is 0.141 e. The van der Waals surface area contributed by atoms with Gasteiger partial charge in [0.05, 0.1) is 5.54 Å². The Labute approximate surface area is 137 Å². The number of anilines is 1. The molecule has 23 heavy (non-hydrogen) atoms. The van der Waals surface area contributed by atoms with Crippen molar-refractivity contribution in [2.24, 2.45) is 4.99 Å². The Balaban J connectivity index is 1.96. The summed E-state index contributed by atoms with van der Waals surface area (Å²) >= 11 is 0. The highest BCUT2D eigenvalue weighted by Crippen LogP contribution is 2.38. The van der Waals surface area contributed by atoms with Crippen molar-refractivity contribution in [2.75, 3.05) is 11.9 Å². The molecule has 3 heteroatoms. The molecule has 0 saturated heterocycles. The maximum Gasteiger partial charge on any atom is 0.141 e. The summed E-state index contributed by atoms with van der Waals surface area (Å²) in [5.74, 6) is 0.194. The monoisotopic (exact) mass is 306 g/mol. The maximum atomic E-state index is 9.79. The number of rotatable bonds is 2. The lowest BCUT2D eigenvalue weighted by Crippen LogP contribution is -2.42. The van der Waals surface area contributed by atoms with Crippen molar-refractivity contribution in [2.45, 2.75) is 26.3 Å². The van der Waals surface area contributed by atoms with Gasteiger partial charge in [0.1, 0.15) is 11.4 Å². The normalized spacial score (nSPS) is 16.3. The number of aromatic hydroxyl groups is 1. The number of para-hydroxylation sites is 2. The standard InChI is InChI=1S/C20H22N2O/c1-14-12-20(2,3)22(4)18-10-9-15(11-16(14)18)13-21-17-7-5-6-8-19(17)23/h5-13,23H,1-4H3. The molecule has 3 rings (SSSR count). The third-order valence-corrected chi connectivity index (χ3v) is 4.48. The fraction of sp³-hybridized carbons (Fsp3) is 0.250. The van der Waals surface area contributed by atoms with Gasteiger partial charge >= 0.3 is 0 Å². The van der Waals surface area contributed by atoms with Gasteiger partial charge in [0.25, 0.3) is 0 Å². The molecular weight excluding hydrogens is 284 g/mol. The fourth-order valence-electron chi connectivity index (χ4n) is 2.97. The first-order valence-corrected chi connectivity index (χ1v) is 7.78. The molecule has 0 aliphatic carbocycles. The fourth-order valence-corrected chi connectivity index (χ4v) is 2.97. The Hall–Kier alpha value is -2.55. The van der Waals surface area contributed by atoms with Crippen LogP contribution in [0, 0.1) is 0 Å². The van der Waals surface area contributed by atoms with E-state index in [-0.39, 0.29) is 11.3 Å². The quantitative estimate of drug-likeness (QED) is 0.811. The van der Waals surface area contributed by atoms with Crippen molar-refractivity contribution < 1.29 is 5.11 Å². The summed E-state index contributed by atoms with van der Waals surface area (Å²) in [7, 11) is 2.12. The lowest BCUT2D eigenvalue weighted by molar-refractivity contribution is 0.477. The van der Waals surface area contributed by atoms with Gasteiger partial charge in [0, 0.05) is 24.5 Å². The highest BCUT2D eigenvalue weighted by molar-refractivity contribution is 5.88. The second-order valence-electron chi connectivity index (χ2n) is 6.56. The summed E-state index contributed by atoms with van der Waals surface area (Å²) in [6.45, 7) is 6.58. The zero-order valence-electron chi connectivity index (χ0n) is 14.0. The molecule has 2 aromatic rings. The van der Waals surface area contributed by atoms with Gasteiger partial charge in [0.15, 0.2) is 0 Å². The van der Waals surface area contributed by atoms with E-state index >= 15 is 0 Å². The van der Waals surface area contributed by atoms with Crippen LogP contribution in [0.2, 0.25) is 0 Å². The number of hydrogen-bond acceptors (Lipinski definition) is 3. The molecule has 0 fully saturated rings. The lowest BCUT2D eigenvalue weighted by Gasteiger charge is -2.40. The van der Waals surface area contributed by atoms with Gasteiger partial charge in [-0.25, -0.2) is 0 Å². The number of likely N-dealkylation sites (N-methyl/N-ethyl adjacent to an activating group) is 1. The van der Waals surface area contributed by atoms with Gasteiger partial charge in [0.2, 0.25) is 0 Å². The third kappa shape index (κ3) is 2.87. The molecule has 0 atom stereocenters. The average Bonchev–Trinajstić information content (AvgIpc) is 2.51. The van der Waals surface area contributed by atoms with E-state index in [4.69, 9.17) is 0 Å². The zero-order valence-corrected chi connectivity index (χ0v) is 14.0. The summed E-state index contributed by atoms with van der Waals surface area (Å²) in [6.07, 6.45) is 4.08. The van der Waals surface area contributed by atoms with E-state index in [0.717, 1.165) is 5.56 Å². The summed E-state index contributed by atoms with van der Waals surface area (Å²) in [6, 6.07) is 13.4. The third-order valence-electron chi connectivity index (χ3n) is 4.48. The number of benzene rings is 2. The largest absolute Gasteiger partial charge is 0.506 e. The number of allylic oxidation sites excluding steroid dienone is 1. The first-order chi connectivity index (χ1) is 10.9. The number of nitrogens with zero attached hydrogens (tertiary/aromatic N) is 2. The molecule has 3 nitrogen and oxygen atoms in total. The minimum Gasteiger partial charge on any atom is -0.506 e. The Kier molecular flexibility index (Phi) is 3.72. The molecule has 1 N–H and O–H groups in total. The van der Waals surface area contributed by atoms with Gasteiger partial charge in [-0.2, -0.15) is 0 Å². The summed E-state index contributed by atoms with van der Waals surface area (Å²) in [4.78, 5) is 6.68. The highest BCUT2D eigenvalue weighted by atomic mass is 16.3. The SMILES string of the molecule is CC1=CC(C)(C)N(C)c2ccc(C=Nc3ccccc3O)cc21. The minimum atomic E-state index is 0.0164. The van der Waals surface area contributed by atoms with Crippen LogP contribution < -0.4 is 4.90 Å². The number of aliphatic imine (C=N–C) groups is 1. The first-order valence-electron chi connectivity index (χ1n) is 7.78. The molecule has 0 amide bonds. The van der Waals surface area contributed by atoms with Gasteiger partial charge in [-0.1, -0.05) is 24.3 Å². The number of phenols is 1. The first kappa shape index (κ1) is 15.3. The van der Waals surface area contributed by atoms with Gasteiger partial charge < -0.3 is 10.0 Å². The van der Waals surface area contributed by atoms with Crippen LogP contribution >= 0.6 is 0 Å². The van der Waals surface area contributed by atoms with E-state index in [2.05, 4.69) is 62.0 Å². The Morgan fingerprint density at radius 1 is 1.13 bits per heavy atom. The molecule has 1 aliphatic rings. The molecule has 0 radical (unpaired) electrons. The second-order valence-corrected chi connectivity index (χ2v) is 6.56. The van der Waals surface area contributed by atoms with Gasteiger partial charge in [-0.3, -0.25) is 4.99 Å². The lowest BCUT2D eigenvalue weighted by atomic mass is 9.89. The highest BCUT2D eigenvalue weighted by Gasteiger charge is 2.28.